The van der Waals surface area contributed by atoms with Crippen molar-refractivity contribution < 1.29 is 39.3 Å². The first kappa shape index (κ1) is 80.9. The van der Waals surface area contributed by atoms with E-state index in [0.717, 1.165) is 108 Å². The molecule has 0 amide bonds. The normalized spacial score (nSPS) is 11.7. The molecule has 16 bridgehead atoms. The van der Waals surface area contributed by atoms with Crippen molar-refractivity contribution in [2.75, 3.05) is 76.0 Å². The van der Waals surface area contributed by atoms with Crippen molar-refractivity contribution >= 4 is 170 Å². The number of anilines is 4. The number of nitrogens with one attached hydrogen (secondary N) is 4. The molecule has 4 N–H and O–H groups in total. The number of hydrogen-bond donors (Lipinski definition) is 4. The van der Waals surface area contributed by atoms with E-state index in [2.05, 4.69) is 32.1 Å². The number of carbonyl (C=O) groups is 2. The van der Waals surface area contributed by atoms with Crippen LogP contribution in [0.1, 0.15) is 20.7 Å². The third-order valence-corrected chi connectivity index (χ3v) is 26.7. The van der Waals surface area contributed by atoms with Gasteiger partial charge in [0.15, 0.2) is 46.6 Å². The number of aromatic amines is 4. The number of carboxylic acids is 2. The van der Waals surface area contributed by atoms with Gasteiger partial charge >= 0.3 is 19.5 Å². The van der Waals surface area contributed by atoms with Gasteiger partial charge in [0.1, 0.15) is 45.2 Å². The van der Waals surface area contributed by atoms with Gasteiger partial charge in [-0.15, -0.1) is 0 Å². The molecular weight excluding hydrogens is 1710 g/mol. The molecular formula is C98H70N20O4S4Zn. The summed E-state index contributed by atoms with van der Waals surface area (Å²) in [5.41, 5.74) is 13.8. The maximum Gasteiger partial charge on any atom is 2.00 e. The molecule has 6 aromatic heterocycles. The first-order valence-corrected chi connectivity index (χ1v) is 43.5. The summed E-state index contributed by atoms with van der Waals surface area (Å²) in [5.74, 6) is 0.683. The zero-order chi connectivity index (χ0) is 85.9. The fourth-order valence-electron chi connectivity index (χ4n) is 16.1. The molecule has 29 heteroatoms. The third kappa shape index (κ3) is 14.9. The van der Waals surface area contributed by atoms with Crippen LogP contribution in [0.4, 0.5) is 22.7 Å². The van der Waals surface area contributed by atoms with E-state index in [0.29, 0.717) is 122 Å². The van der Waals surface area contributed by atoms with E-state index in [1.54, 1.807) is 0 Å². The third-order valence-electron chi connectivity index (χ3n) is 22.2. The number of rotatable bonds is 14. The molecule has 0 fully saturated rings. The Labute approximate surface area is 755 Å². The van der Waals surface area contributed by atoms with Gasteiger partial charge in [-0.25, -0.2) is 59.8 Å². The molecule has 127 heavy (non-hydrogen) atoms. The molecule has 0 unspecified atom stereocenters. The Balaban J connectivity index is 0.000000159. The minimum absolute atomic E-state index is 0. The van der Waals surface area contributed by atoms with Crippen LogP contribution in [0.15, 0.2) is 294 Å². The number of aromatic nitrogens is 16. The van der Waals surface area contributed by atoms with E-state index >= 15 is 0 Å². The van der Waals surface area contributed by atoms with Gasteiger partial charge in [0.2, 0.25) is 0 Å². The monoisotopic (exact) mass is 1780 g/mol. The summed E-state index contributed by atoms with van der Waals surface area (Å²) in [5, 5.41) is 33.1. The predicted octanol–water partition coefficient (Wildman–Crippen LogP) is 19.3. The van der Waals surface area contributed by atoms with Crippen LogP contribution in [0.3, 0.4) is 0 Å². The smallest absolute Gasteiger partial charge is 0.545 e. The number of H-pyrrole nitrogens is 4. The van der Waals surface area contributed by atoms with Gasteiger partial charge < -0.3 is 59.3 Å². The zero-order valence-electron chi connectivity index (χ0n) is 69.4. The van der Waals surface area contributed by atoms with Crippen LogP contribution in [0.25, 0.3) is 179 Å². The van der Waals surface area contributed by atoms with Gasteiger partial charge in [0, 0.05) is 217 Å². The van der Waals surface area contributed by atoms with Crippen LogP contribution in [-0.4, -0.2) is 148 Å². The Morgan fingerprint density at radius 2 is 0.465 bits per heavy atom. The Morgan fingerprint density at radius 3 is 0.701 bits per heavy atom. The molecule has 10 heterocycles. The number of nitrogens with zero attached hydrogens (tertiary/aromatic N) is 16. The second-order valence-electron chi connectivity index (χ2n) is 31.0. The Hall–Kier alpha value is -14.5. The molecule has 22 rings (SSSR count). The number of carboxylic acid groups (broad SMARTS) is 2. The van der Waals surface area contributed by atoms with Crippen LogP contribution in [0, 0.1) is 0 Å². The topological polar surface area (TPSA) is 311 Å². The summed E-state index contributed by atoms with van der Waals surface area (Å²) < 4.78 is 0. The maximum absolute atomic E-state index is 13.9. The van der Waals surface area contributed by atoms with Gasteiger partial charge in [0.05, 0.1) is 11.9 Å². The quantitative estimate of drug-likeness (QED) is 0.0735. The first-order chi connectivity index (χ1) is 61.3. The Bertz CT molecular complexity index is 7570. The minimum Gasteiger partial charge on any atom is -0.545 e. The fraction of sp³-hybridized carbons (Fsp3) is 0.0816. The van der Waals surface area contributed by atoms with Crippen LogP contribution >= 0.6 is 47.0 Å². The molecule has 0 atom stereocenters. The summed E-state index contributed by atoms with van der Waals surface area (Å²) >= 11 is 5.70. The Morgan fingerprint density at radius 1 is 0.252 bits per heavy atom. The minimum atomic E-state index is -1.35. The van der Waals surface area contributed by atoms with Crippen molar-refractivity contribution in [3.63, 3.8) is 0 Å². The number of carbonyl (C=O) groups excluding carboxylic acids is 2. The van der Waals surface area contributed by atoms with Crippen molar-refractivity contribution in [3.05, 3.63) is 266 Å². The largest absolute Gasteiger partial charge is 2.00 e. The molecule has 4 aliphatic heterocycles. The molecule has 24 nitrogen and oxygen atoms in total. The van der Waals surface area contributed by atoms with Gasteiger partial charge in [-0.1, -0.05) is 217 Å². The summed E-state index contributed by atoms with van der Waals surface area (Å²) in [6.45, 7) is 0. The number of benzene rings is 12. The van der Waals surface area contributed by atoms with E-state index < -0.39 is 11.9 Å². The summed E-state index contributed by atoms with van der Waals surface area (Å²) in [6, 6.07) is 83.3. The molecule has 18 aromatic rings. The van der Waals surface area contributed by atoms with E-state index in [9.17, 15) is 19.8 Å². The molecule has 0 saturated heterocycles. The Kier molecular flexibility index (Phi) is 21.0. The fourth-order valence-corrected chi connectivity index (χ4v) is 20.5. The van der Waals surface area contributed by atoms with E-state index in [4.69, 9.17) is 59.8 Å². The van der Waals surface area contributed by atoms with E-state index in [-0.39, 0.29) is 41.9 Å². The molecule has 0 radical (unpaired) electrons. The zero-order valence-corrected chi connectivity index (χ0v) is 75.6. The van der Waals surface area contributed by atoms with Gasteiger partial charge in [-0.3, -0.25) is 0 Å². The molecule has 12 aromatic carbocycles. The standard InChI is InChI=1S/2C49H36N10O2S2.Zn/c2*1-58(2)26-13-11-15-28(23-26)62-37-25-36-38(39(49(60)61)40(37)63-29-16-12-14-27(24-29)59(3)4)48-56-46-35-22-10-9-21-34(35)44(54-46)52-42-31-18-6-5-17-30(31)41(50-42)51-43-32-19-7-8-20-33(32)45(53-43)55-47(36)57-48;/h2*5-25H,1-4H3,(H,60,61)(H2,50,51,52,53,54,55,56,57);/q;;+2/p-2. The first-order valence-electron chi connectivity index (χ1n) is 40.2. The summed E-state index contributed by atoms with van der Waals surface area (Å²) in [6.07, 6.45) is 0. The molecule has 0 aliphatic carbocycles. The van der Waals surface area contributed by atoms with Crippen LogP contribution in [0.2, 0.25) is 0 Å². The summed E-state index contributed by atoms with van der Waals surface area (Å²) in [4.78, 5) is 117. The molecule has 0 saturated carbocycles. The second-order valence-corrected chi connectivity index (χ2v) is 35.4. The van der Waals surface area contributed by atoms with Gasteiger partial charge in [-0.05, 0) is 84.9 Å². The van der Waals surface area contributed by atoms with Crippen LogP contribution in [-0.2, 0) is 19.5 Å². The van der Waals surface area contributed by atoms with Gasteiger partial charge in [0.25, 0.3) is 0 Å². The maximum atomic E-state index is 13.9. The van der Waals surface area contributed by atoms with E-state index in [1.165, 1.54) is 47.0 Å². The predicted molar refractivity (Wildman–Crippen MR) is 500 cm³/mol. The number of hydrogen-bond acceptors (Lipinski definition) is 24. The van der Waals surface area contributed by atoms with Crippen LogP contribution in [0.5, 0.6) is 0 Å². The van der Waals surface area contributed by atoms with E-state index in [1.807, 2.05) is 319 Å². The average molecular weight is 1790 g/mol. The van der Waals surface area contributed by atoms with Gasteiger partial charge in [-0.2, -0.15) is 0 Å². The van der Waals surface area contributed by atoms with Crippen molar-refractivity contribution in [1.82, 2.24) is 79.7 Å². The molecule has 612 valence electrons. The van der Waals surface area contributed by atoms with Crippen molar-refractivity contribution in [1.29, 1.82) is 0 Å². The number of fused-ring (bicyclic) bond motifs is 40. The van der Waals surface area contributed by atoms with Crippen molar-refractivity contribution in [2.45, 2.75) is 39.2 Å². The SMILES string of the molecule is CN(C)c1cccc(Sc2cc3c4nc5nc(nc6[nH]c(nc7nc(nc([nH]4)c3c(C(=O)[O-])c2Sc2cccc(N(C)C)c2)-c2ccccc2-7)c2ccccc62)-c2ccccc2-5)c1.CN(C)c1cccc(Sc2cc3c4nc5nc(nc6[nH]c(nc7nc(nc([nH]4)c3c(C(=O)[O-])c2Sc2cccc(N(C)C)c2)-c2ccccc2-7)c2ccccc62)-c2ccccc2-5)c1.[Zn+2]. The van der Waals surface area contributed by atoms with Crippen LogP contribution < -0.4 is 29.8 Å². The number of aromatic carboxylic acids is 2. The second kappa shape index (κ2) is 32.9. The summed E-state index contributed by atoms with van der Waals surface area (Å²) in [7, 11) is 15.9. The van der Waals surface area contributed by atoms with Crippen molar-refractivity contribution in [3.8, 4) is 91.1 Å². The molecule has 0 spiro atoms. The average Bonchev–Trinajstić information content (AvgIpc) is 1.60. The van der Waals surface area contributed by atoms with Crippen molar-refractivity contribution in [2.24, 2.45) is 0 Å². The molecule has 4 aliphatic rings.